The number of rotatable bonds is 5. The van der Waals surface area contributed by atoms with Crippen molar-refractivity contribution in [3.63, 3.8) is 0 Å². The molecule has 0 aliphatic carbocycles. The molecule has 4 heterocycles. The molecule has 2 aliphatic heterocycles. The molecule has 0 saturated heterocycles. The lowest BCUT2D eigenvalue weighted by Gasteiger charge is -2.37. The van der Waals surface area contributed by atoms with Crippen molar-refractivity contribution in [2.45, 2.75) is 46.5 Å². The van der Waals surface area contributed by atoms with Crippen LogP contribution in [0.5, 0.6) is 5.75 Å². The van der Waals surface area contributed by atoms with Crippen molar-refractivity contribution in [2.24, 2.45) is 0 Å². The zero-order valence-corrected chi connectivity index (χ0v) is 24.6. The van der Waals surface area contributed by atoms with Crippen LogP contribution < -0.4 is 25.8 Å². The molecule has 41 heavy (non-hydrogen) atoms. The lowest BCUT2D eigenvalue weighted by atomic mass is 9.88. The molecule has 0 fully saturated rings. The van der Waals surface area contributed by atoms with E-state index in [1.54, 1.807) is 12.1 Å². The molecular weight excluding hydrogens is 520 g/mol. The number of ketones is 1. The number of fused-ring (bicyclic) bond motifs is 3. The number of hydrogen-bond acceptors (Lipinski definition) is 8. The van der Waals surface area contributed by atoms with Crippen LogP contribution >= 0.6 is 0 Å². The van der Waals surface area contributed by atoms with E-state index < -0.39 is 17.0 Å². The summed E-state index contributed by atoms with van der Waals surface area (Å²) in [5.74, 6) is -0.0886. The summed E-state index contributed by atoms with van der Waals surface area (Å²) in [6.45, 7) is 7.94. The van der Waals surface area contributed by atoms with Gasteiger partial charge in [-0.3, -0.25) is 4.79 Å². The maximum absolute atomic E-state index is 13.1. The fraction of sp³-hybridized carbons (Fsp3) is 0.364. The number of aryl methyl sites for hydroxylation is 3. The minimum Gasteiger partial charge on any atom is -0.496 e. The second-order valence-electron chi connectivity index (χ2n) is 10.5. The Morgan fingerprint density at radius 1 is 0.976 bits per heavy atom. The first-order chi connectivity index (χ1) is 19.8. The minimum absolute atomic E-state index is 0.143. The number of anilines is 2. The normalized spacial score (nSPS) is 14.1. The van der Waals surface area contributed by atoms with E-state index >= 15 is 0 Å². The van der Waals surface area contributed by atoms with Crippen LogP contribution in [0.3, 0.4) is 0 Å². The predicted molar refractivity (Wildman–Crippen MR) is 164 cm³/mol. The van der Waals surface area contributed by atoms with Gasteiger partial charge in [0.05, 0.1) is 18.1 Å². The molecule has 0 saturated carbocycles. The Bertz CT molecular complexity index is 1810. The minimum atomic E-state index is -0.757. The predicted octanol–water partition coefficient (Wildman–Crippen LogP) is 5.90. The highest BCUT2D eigenvalue weighted by atomic mass is 16.5. The highest BCUT2D eigenvalue weighted by molar-refractivity contribution is 6.08. The third-order valence-corrected chi connectivity index (χ3v) is 7.90. The van der Waals surface area contributed by atoms with Crippen molar-refractivity contribution < 1.29 is 18.4 Å². The second kappa shape index (κ2) is 11.3. The number of ether oxygens (including phenoxy) is 1. The third kappa shape index (κ3) is 4.92. The van der Waals surface area contributed by atoms with E-state index in [0.29, 0.717) is 27.9 Å². The van der Waals surface area contributed by atoms with Gasteiger partial charge in [0, 0.05) is 61.6 Å². The maximum Gasteiger partial charge on any atom is 0.347 e. The van der Waals surface area contributed by atoms with Crippen molar-refractivity contribution in [1.29, 1.82) is 0 Å². The molecule has 0 amide bonds. The van der Waals surface area contributed by atoms with Crippen LogP contribution in [0, 0.1) is 6.92 Å². The number of benzene rings is 2. The van der Waals surface area contributed by atoms with Gasteiger partial charge in [-0.2, -0.15) is 0 Å². The molecule has 0 spiro atoms. The van der Waals surface area contributed by atoms with E-state index in [-0.39, 0.29) is 5.56 Å². The number of allylic oxidation sites excluding steroid dienone is 1. The van der Waals surface area contributed by atoms with Crippen LogP contribution in [-0.2, 0) is 12.8 Å². The number of hydrogen-bond donors (Lipinski definition) is 0. The molecule has 0 N–H and O–H groups in total. The molecule has 8 heteroatoms. The van der Waals surface area contributed by atoms with Crippen molar-refractivity contribution in [3.05, 3.63) is 79.0 Å². The van der Waals surface area contributed by atoms with Crippen LogP contribution in [0.15, 0.2) is 48.8 Å². The molecule has 2 aliphatic rings. The smallest absolute Gasteiger partial charge is 0.347 e. The first-order valence-corrected chi connectivity index (χ1v) is 14.2. The fourth-order valence-corrected chi connectivity index (χ4v) is 5.88. The SMILES string of the molecule is CC.COc1cc(N(C)C)cc2oc(=O)c(C(=O)/C=C/c3c(C)c4cc5c6c(c4oc3=O)CCCN6CCC5)cc12. The van der Waals surface area contributed by atoms with Gasteiger partial charge in [0.25, 0.3) is 0 Å². The van der Waals surface area contributed by atoms with Crippen LogP contribution in [0.25, 0.3) is 28.0 Å². The molecule has 2 aromatic heterocycles. The van der Waals surface area contributed by atoms with Crippen LogP contribution in [0.4, 0.5) is 11.4 Å². The van der Waals surface area contributed by atoms with Gasteiger partial charge < -0.3 is 23.4 Å². The Balaban J connectivity index is 0.00000165. The number of methoxy groups -OCH3 is 1. The van der Waals surface area contributed by atoms with E-state index in [0.717, 1.165) is 61.0 Å². The van der Waals surface area contributed by atoms with Crippen LogP contribution in [0.2, 0.25) is 0 Å². The van der Waals surface area contributed by atoms with E-state index in [2.05, 4.69) is 11.0 Å². The van der Waals surface area contributed by atoms with Gasteiger partial charge in [-0.1, -0.05) is 13.8 Å². The lowest BCUT2D eigenvalue weighted by molar-refractivity contribution is 0.104. The van der Waals surface area contributed by atoms with Gasteiger partial charge in [-0.25, -0.2) is 9.59 Å². The Labute approximate surface area is 238 Å². The van der Waals surface area contributed by atoms with Gasteiger partial charge in [0.15, 0.2) is 5.78 Å². The molecule has 0 atom stereocenters. The Morgan fingerprint density at radius 3 is 2.41 bits per heavy atom. The van der Waals surface area contributed by atoms with Gasteiger partial charge in [0.1, 0.15) is 22.5 Å². The lowest BCUT2D eigenvalue weighted by Crippen LogP contribution is -2.34. The van der Waals surface area contributed by atoms with Crippen molar-refractivity contribution in [2.75, 3.05) is 44.1 Å². The average molecular weight is 557 g/mol. The van der Waals surface area contributed by atoms with E-state index in [1.165, 1.54) is 36.6 Å². The highest BCUT2D eigenvalue weighted by Gasteiger charge is 2.28. The van der Waals surface area contributed by atoms with Gasteiger partial charge >= 0.3 is 11.3 Å². The summed E-state index contributed by atoms with van der Waals surface area (Å²) < 4.78 is 16.9. The Kier molecular flexibility index (Phi) is 7.76. The van der Waals surface area contributed by atoms with E-state index in [9.17, 15) is 14.4 Å². The Hall–Kier alpha value is -4.33. The van der Waals surface area contributed by atoms with Gasteiger partial charge in [-0.15, -0.1) is 0 Å². The molecule has 8 nitrogen and oxygen atoms in total. The number of carbonyl (C=O) groups is 1. The first-order valence-electron chi connectivity index (χ1n) is 14.2. The average Bonchev–Trinajstić information content (AvgIpc) is 2.97. The van der Waals surface area contributed by atoms with Gasteiger partial charge in [-0.05, 0) is 68.0 Å². The monoisotopic (exact) mass is 556 g/mol. The Morgan fingerprint density at radius 2 is 1.71 bits per heavy atom. The number of carbonyl (C=O) groups excluding carboxylic acids is 1. The molecule has 0 unspecified atom stereocenters. The first kappa shape index (κ1) is 28.2. The molecule has 6 rings (SSSR count). The van der Waals surface area contributed by atoms with E-state index in [1.807, 2.05) is 39.8 Å². The van der Waals surface area contributed by atoms with Crippen LogP contribution in [0.1, 0.15) is 59.3 Å². The molecule has 2 aromatic carbocycles. The van der Waals surface area contributed by atoms with Crippen molar-refractivity contribution in [3.8, 4) is 5.75 Å². The standard InChI is InChI=1S/C31H30N2O6.C2H6/c1-17-20(30(35)39-29-21-8-6-12-33-11-5-7-18(28(21)33)13-22(17)29)9-10-25(34)23-16-24-26(37-4)14-19(32(2)3)15-27(24)38-31(23)36;1-2/h9-10,13-16H,5-8,11-12H2,1-4H3;1-2H3/b10-9+;. The maximum atomic E-state index is 13.1. The molecule has 0 radical (unpaired) electrons. The van der Waals surface area contributed by atoms with E-state index in [4.69, 9.17) is 13.6 Å². The number of nitrogens with zero attached hydrogens (tertiary/aromatic N) is 2. The topological polar surface area (TPSA) is 93.2 Å². The molecule has 0 bridgehead atoms. The summed E-state index contributed by atoms with van der Waals surface area (Å²) in [6, 6.07) is 7.14. The zero-order valence-electron chi connectivity index (χ0n) is 24.6. The zero-order chi connectivity index (χ0) is 29.4. The largest absolute Gasteiger partial charge is 0.496 e. The summed E-state index contributed by atoms with van der Waals surface area (Å²) in [5, 5.41) is 1.40. The van der Waals surface area contributed by atoms with Crippen molar-refractivity contribution in [1.82, 2.24) is 0 Å². The third-order valence-electron chi connectivity index (χ3n) is 7.90. The molecular formula is C33H36N2O6. The van der Waals surface area contributed by atoms with Gasteiger partial charge in [0.2, 0.25) is 0 Å². The summed E-state index contributed by atoms with van der Waals surface area (Å²) in [7, 11) is 5.25. The summed E-state index contributed by atoms with van der Waals surface area (Å²) in [4.78, 5) is 43.3. The van der Waals surface area contributed by atoms with Crippen molar-refractivity contribution >= 4 is 45.2 Å². The fourth-order valence-electron chi connectivity index (χ4n) is 5.88. The molecule has 214 valence electrons. The highest BCUT2D eigenvalue weighted by Crippen LogP contribution is 2.40. The van der Waals surface area contributed by atoms with Crippen LogP contribution in [-0.4, -0.2) is 40.1 Å². The second-order valence-corrected chi connectivity index (χ2v) is 10.5. The summed E-state index contributed by atoms with van der Waals surface area (Å²) in [6.07, 6.45) is 6.67. The quantitative estimate of drug-likeness (QED) is 0.170. The summed E-state index contributed by atoms with van der Waals surface area (Å²) in [5.41, 5.74) is 5.04. The molecule has 4 aromatic rings. The summed E-state index contributed by atoms with van der Waals surface area (Å²) >= 11 is 0.